The van der Waals surface area contributed by atoms with Crippen molar-refractivity contribution in [3.05, 3.63) is 82.2 Å². The molecule has 0 atom stereocenters. The number of thiazole rings is 1. The number of thioether (sulfide) groups is 1. The van der Waals surface area contributed by atoms with Crippen molar-refractivity contribution in [2.75, 3.05) is 10.6 Å². The maximum atomic E-state index is 13.3. The average Bonchev–Trinajstić information content (AvgIpc) is 3.34. The van der Waals surface area contributed by atoms with E-state index in [4.69, 9.17) is 4.52 Å². The second-order valence-corrected chi connectivity index (χ2v) is 9.38. The summed E-state index contributed by atoms with van der Waals surface area (Å²) < 4.78 is 21.5. The summed E-state index contributed by atoms with van der Waals surface area (Å²) in [5.74, 6) is 0.672. The van der Waals surface area contributed by atoms with Crippen LogP contribution in [0.5, 0.6) is 0 Å². The first-order valence-electron chi connectivity index (χ1n) is 9.79. The Labute approximate surface area is 194 Å². The molecule has 8 nitrogen and oxygen atoms in total. The van der Waals surface area contributed by atoms with Gasteiger partial charge in [-0.3, -0.25) is 4.79 Å². The molecular formula is C22H16FN5O3S2. The van der Waals surface area contributed by atoms with Crippen LogP contribution in [0, 0.1) is 12.7 Å². The van der Waals surface area contributed by atoms with Crippen LogP contribution in [0.4, 0.5) is 20.6 Å². The van der Waals surface area contributed by atoms with Gasteiger partial charge in [0.1, 0.15) is 11.6 Å². The normalized spacial score (nSPS) is 11.2. The first-order chi connectivity index (χ1) is 15.9. The number of fused-ring (bicyclic) bond motifs is 2. The quantitative estimate of drug-likeness (QED) is 0.331. The number of carbonyl (C=O) groups excluding carboxylic acids is 1. The van der Waals surface area contributed by atoms with E-state index in [0.717, 1.165) is 14.6 Å². The number of halogens is 1. The molecule has 0 aliphatic heterocycles. The van der Waals surface area contributed by atoms with Crippen molar-refractivity contribution in [2.24, 2.45) is 0 Å². The van der Waals surface area contributed by atoms with Gasteiger partial charge in [0.15, 0.2) is 9.99 Å². The van der Waals surface area contributed by atoms with Crippen LogP contribution < -0.4 is 16.2 Å². The van der Waals surface area contributed by atoms with E-state index in [0.29, 0.717) is 34.2 Å². The standard InChI is InChI=1S/C22H16FN5O3S2/c1-12-7-19-24-16(10-20(29)28(19)31-12)11-32-22-27-17-6-5-15(9-18(17)33-22)26-21(30)25-14-4-2-3-13(23)8-14/h2-10H,11H2,1H3,(H2,25,26,30). The summed E-state index contributed by atoms with van der Waals surface area (Å²) in [4.78, 5) is 33.4. The number of aryl methyl sites for hydroxylation is 1. The molecule has 0 aliphatic rings. The van der Waals surface area contributed by atoms with Gasteiger partial charge in [0.2, 0.25) is 0 Å². The van der Waals surface area contributed by atoms with Crippen molar-refractivity contribution in [1.29, 1.82) is 0 Å². The molecule has 0 bridgehead atoms. The number of carbonyl (C=O) groups is 1. The summed E-state index contributed by atoms with van der Waals surface area (Å²) in [6, 6.07) is 13.8. The van der Waals surface area contributed by atoms with Gasteiger partial charge in [0, 0.05) is 29.3 Å². The van der Waals surface area contributed by atoms with Gasteiger partial charge >= 0.3 is 6.03 Å². The number of anilines is 2. The first-order valence-corrected chi connectivity index (χ1v) is 11.6. The third-order valence-corrected chi connectivity index (χ3v) is 6.77. The van der Waals surface area contributed by atoms with E-state index in [1.807, 2.05) is 12.1 Å². The van der Waals surface area contributed by atoms with Crippen molar-refractivity contribution in [3.8, 4) is 0 Å². The second-order valence-electron chi connectivity index (χ2n) is 7.12. The predicted octanol–water partition coefficient (Wildman–Crippen LogP) is 5.28. The third-order valence-electron chi connectivity index (χ3n) is 4.58. The number of rotatable bonds is 5. The van der Waals surface area contributed by atoms with Gasteiger partial charge in [0.25, 0.3) is 5.56 Å². The van der Waals surface area contributed by atoms with Crippen LogP contribution in [-0.4, -0.2) is 20.6 Å². The van der Waals surface area contributed by atoms with E-state index in [2.05, 4.69) is 20.6 Å². The lowest BCUT2D eigenvalue weighted by molar-refractivity contribution is 0.262. The number of hydrogen-bond donors (Lipinski definition) is 2. The summed E-state index contributed by atoms with van der Waals surface area (Å²) >= 11 is 2.95. The van der Waals surface area contributed by atoms with Crippen molar-refractivity contribution in [2.45, 2.75) is 17.0 Å². The van der Waals surface area contributed by atoms with Crippen LogP contribution in [0.1, 0.15) is 11.5 Å². The fourth-order valence-electron chi connectivity index (χ4n) is 3.19. The number of hydrogen-bond acceptors (Lipinski definition) is 7. The number of benzene rings is 2. The van der Waals surface area contributed by atoms with Gasteiger partial charge in [-0.2, -0.15) is 0 Å². The molecule has 11 heteroatoms. The van der Waals surface area contributed by atoms with Gasteiger partial charge in [-0.15, -0.1) is 15.9 Å². The summed E-state index contributed by atoms with van der Waals surface area (Å²) in [7, 11) is 0. The molecule has 0 fully saturated rings. The number of aromatic nitrogens is 3. The third kappa shape index (κ3) is 4.73. The Morgan fingerprint density at radius 2 is 1.94 bits per heavy atom. The molecule has 166 valence electrons. The summed E-state index contributed by atoms with van der Waals surface area (Å²) in [6.45, 7) is 1.76. The zero-order valence-corrected chi connectivity index (χ0v) is 18.8. The molecule has 3 heterocycles. The molecule has 5 rings (SSSR count). The zero-order valence-electron chi connectivity index (χ0n) is 17.2. The highest BCUT2D eigenvalue weighted by Gasteiger charge is 2.11. The van der Waals surface area contributed by atoms with Crippen LogP contribution in [0.3, 0.4) is 0 Å². The topological polar surface area (TPSA) is 102 Å². The SMILES string of the molecule is Cc1cc2nc(CSc3nc4ccc(NC(=O)Nc5cccc(F)c5)cc4s3)cc(=O)n2o1. The predicted molar refractivity (Wildman–Crippen MR) is 127 cm³/mol. The minimum Gasteiger partial charge on any atom is -0.375 e. The summed E-state index contributed by atoms with van der Waals surface area (Å²) in [5, 5.41) is 5.33. The molecule has 0 saturated carbocycles. The smallest absolute Gasteiger partial charge is 0.323 e. The fourth-order valence-corrected chi connectivity index (χ4v) is 5.19. The molecule has 0 unspecified atom stereocenters. The van der Waals surface area contributed by atoms with E-state index in [-0.39, 0.29) is 5.56 Å². The Balaban J connectivity index is 1.27. The minimum atomic E-state index is -0.471. The Morgan fingerprint density at radius 1 is 1.12 bits per heavy atom. The molecule has 5 aromatic rings. The van der Waals surface area contributed by atoms with Crippen molar-refractivity contribution in [3.63, 3.8) is 0 Å². The Bertz CT molecular complexity index is 1560. The highest BCUT2D eigenvalue weighted by atomic mass is 32.2. The zero-order chi connectivity index (χ0) is 22.9. The van der Waals surface area contributed by atoms with Crippen LogP contribution >= 0.6 is 23.1 Å². The van der Waals surface area contributed by atoms with Crippen molar-refractivity contribution in [1.82, 2.24) is 14.5 Å². The molecule has 2 amide bonds. The Hall–Kier alpha value is -3.70. The van der Waals surface area contributed by atoms with E-state index in [1.165, 1.54) is 51.9 Å². The van der Waals surface area contributed by atoms with Gasteiger partial charge in [-0.25, -0.2) is 19.2 Å². The molecule has 2 aromatic carbocycles. The Morgan fingerprint density at radius 3 is 2.76 bits per heavy atom. The Kier molecular flexibility index (Phi) is 5.56. The van der Waals surface area contributed by atoms with E-state index in [1.54, 1.807) is 25.1 Å². The van der Waals surface area contributed by atoms with Gasteiger partial charge in [-0.1, -0.05) is 17.8 Å². The van der Waals surface area contributed by atoms with E-state index in [9.17, 15) is 14.0 Å². The number of urea groups is 1. The monoisotopic (exact) mass is 481 g/mol. The molecule has 0 spiro atoms. The largest absolute Gasteiger partial charge is 0.375 e. The molecule has 0 radical (unpaired) electrons. The lowest BCUT2D eigenvalue weighted by Crippen LogP contribution is -2.19. The minimum absolute atomic E-state index is 0.264. The molecule has 0 saturated heterocycles. The van der Waals surface area contributed by atoms with Crippen LogP contribution in [0.2, 0.25) is 0 Å². The van der Waals surface area contributed by atoms with Gasteiger partial charge < -0.3 is 15.2 Å². The lowest BCUT2D eigenvalue weighted by Gasteiger charge is -2.07. The molecule has 33 heavy (non-hydrogen) atoms. The van der Waals surface area contributed by atoms with Crippen LogP contribution in [-0.2, 0) is 5.75 Å². The first kappa shape index (κ1) is 21.2. The summed E-state index contributed by atoms with van der Waals surface area (Å²) in [6.07, 6.45) is 0. The molecule has 0 aliphatic carbocycles. The van der Waals surface area contributed by atoms with E-state index < -0.39 is 11.8 Å². The van der Waals surface area contributed by atoms with Crippen molar-refractivity contribution >= 4 is 56.4 Å². The van der Waals surface area contributed by atoms with Gasteiger partial charge in [-0.05, 0) is 43.3 Å². The highest BCUT2D eigenvalue weighted by Crippen LogP contribution is 2.32. The average molecular weight is 482 g/mol. The summed E-state index contributed by atoms with van der Waals surface area (Å²) in [5.41, 5.74) is 2.61. The van der Waals surface area contributed by atoms with Crippen molar-refractivity contribution < 1.29 is 13.7 Å². The fraction of sp³-hybridized carbons (Fsp3) is 0.0909. The lowest BCUT2D eigenvalue weighted by atomic mass is 10.3. The number of nitrogens with one attached hydrogen (secondary N) is 2. The van der Waals surface area contributed by atoms with Crippen LogP contribution in [0.25, 0.3) is 15.9 Å². The maximum Gasteiger partial charge on any atom is 0.323 e. The number of nitrogens with zero attached hydrogens (tertiary/aromatic N) is 3. The molecule has 3 aromatic heterocycles. The van der Waals surface area contributed by atoms with Gasteiger partial charge in [0.05, 0.1) is 15.9 Å². The molecular weight excluding hydrogens is 465 g/mol. The number of amides is 2. The van der Waals surface area contributed by atoms with E-state index >= 15 is 0 Å². The molecule has 2 N–H and O–H groups in total. The second kappa shape index (κ2) is 8.68. The highest BCUT2D eigenvalue weighted by molar-refractivity contribution is 8.00. The maximum absolute atomic E-state index is 13.3. The van der Waals surface area contributed by atoms with Crippen LogP contribution in [0.15, 0.2) is 68.3 Å².